The number of carbonyl (C=O) groups is 2. The van der Waals surface area contributed by atoms with Gasteiger partial charge in [0.2, 0.25) is 0 Å². The Hall–Kier alpha value is -1.71. The van der Waals surface area contributed by atoms with Crippen molar-refractivity contribution in [1.29, 1.82) is 0 Å². The average molecular weight is 165 g/mol. The number of nitrogens with zero attached hydrogens (tertiary/aromatic N) is 1. The highest BCUT2D eigenvalue weighted by molar-refractivity contribution is 5.89. The number of rotatable bonds is 2. The molecule has 1 aromatic rings. The van der Waals surface area contributed by atoms with E-state index in [0.29, 0.717) is 11.8 Å². The number of hydrogen-bond donors (Lipinski definition) is 0. The molecule has 0 aliphatic carbocycles. The Morgan fingerprint density at radius 1 is 1.67 bits per heavy atom. The fraction of sp³-hybridized carbons (Fsp3) is 0.125. The van der Waals surface area contributed by atoms with E-state index in [1.165, 1.54) is 25.4 Å². The Kier molecular flexibility index (Phi) is 2.53. The second kappa shape index (κ2) is 3.61. The van der Waals surface area contributed by atoms with Crippen molar-refractivity contribution in [2.24, 2.45) is 0 Å². The Morgan fingerprint density at radius 2 is 2.42 bits per heavy atom. The van der Waals surface area contributed by atoms with Gasteiger partial charge in [0.25, 0.3) is 0 Å². The highest BCUT2D eigenvalue weighted by atomic mass is 16.5. The summed E-state index contributed by atoms with van der Waals surface area (Å²) in [6.07, 6.45) is 2.03. The summed E-state index contributed by atoms with van der Waals surface area (Å²) >= 11 is 0. The van der Waals surface area contributed by atoms with Gasteiger partial charge in [0.05, 0.1) is 7.11 Å². The van der Waals surface area contributed by atoms with Gasteiger partial charge >= 0.3 is 5.97 Å². The van der Waals surface area contributed by atoms with Gasteiger partial charge in [-0.3, -0.25) is 4.79 Å². The van der Waals surface area contributed by atoms with Crippen molar-refractivity contribution in [3.8, 4) is 0 Å². The topological polar surface area (TPSA) is 56.3 Å². The maximum atomic E-state index is 10.9. The summed E-state index contributed by atoms with van der Waals surface area (Å²) in [7, 11) is 1.26. The van der Waals surface area contributed by atoms with Crippen LogP contribution >= 0.6 is 0 Å². The number of aromatic nitrogens is 1. The SMILES string of the molecule is COC(=O)c1cc(C=O)ccn1. The van der Waals surface area contributed by atoms with Crippen LogP contribution in [0.1, 0.15) is 20.8 Å². The van der Waals surface area contributed by atoms with Crippen LogP contribution in [0.2, 0.25) is 0 Å². The summed E-state index contributed by atoms with van der Waals surface area (Å²) in [5.74, 6) is -0.543. The molecule has 0 saturated carbocycles. The number of aldehydes is 1. The summed E-state index contributed by atoms with van der Waals surface area (Å²) in [5.41, 5.74) is 0.549. The van der Waals surface area contributed by atoms with Crippen LogP contribution in [0.3, 0.4) is 0 Å². The van der Waals surface area contributed by atoms with Crippen molar-refractivity contribution in [1.82, 2.24) is 4.98 Å². The van der Waals surface area contributed by atoms with E-state index >= 15 is 0 Å². The van der Waals surface area contributed by atoms with Gasteiger partial charge < -0.3 is 4.74 Å². The van der Waals surface area contributed by atoms with Crippen LogP contribution in [-0.2, 0) is 4.74 Å². The molecule has 0 spiro atoms. The molecule has 1 aromatic heterocycles. The molecule has 0 aromatic carbocycles. The summed E-state index contributed by atoms with van der Waals surface area (Å²) in [6, 6.07) is 2.89. The molecule has 0 radical (unpaired) electrons. The lowest BCUT2D eigenvalue weighted by Crippen LogP contribution is -2.04. The van der Waals surface area contributed by atoms with Gasteiger partial charge in [0.15, 0.2) is 0 Å². The van der Waals surface area contributed by atoms with Crippen LogP contribution in [0.5, 0.6) is 0 Å². The Balaban J connectivity index is 3.01. The van der Waals surface area contributed by atoms with Gasteiger partial charge in [-0.05, 0) is 12.1 Å². The first-order valence-electron chi connectivity index (χ1n) is 3.27. The van der Waals surface area contributed by atoms with Gasteiger partial charge in [-0.25, -0.2) is 9.78 Å². The number of hydrogen-bond acceptors (Lipinski definition) is 4. The monoisotopic (exact) mass is 165 g/mol. The second-order valence-corrected chi connectivity index (χ2v) is 2.08. The molecule has 0 fully saturated rings. The van der Waals surface area contributed by atoms with Crippen molar-refractivity contribution >= 4 is 12.3 Å². The van der Waals surface area contributed by atoms with E-state index < -0.39 is 5.97 Å². The van der Waals surface area contributed by atoms with E-state index in [1.54, 1.807) is 0 Å². The molecule has 0 amide bonds. The van der Waals surface area contributed by atoms with Crippen LogP contribution < -0.4 is 0 Å². The minimum Gasteiger partial charge on any atom is -0.464 e. The van der Waals surface area contributed by atoms with Crippen LogP contribution in [0.4, 0.5) is 0 Å². The predicted octanol–water partition coefficient (Wildman–Crippen LogP) is 0.681. The van der Waals surface area contributed by atoms with Crippen molar-refractivity contribution in [2.45, 2.75) is 0 Å². The number of esters is 1. The molecular formula is C8H7NO3. The van der Waals surface area contributed by atoms with E-state index in [4.69, 9.17) is 0 Å². The molecule has 4 heteroatoms. The van der Waals surface area contributed by atoms with E-state index in [2.05, 4.69) is 9.72 Å². The number of carbonyl (C=O) groups excluding carboxylic acids is 2. The van der Waals surface area contributed by atoms with E-state index in [9.17, 15) is 9.59 Å². The van der Waals surface area contributed by atoms with Crippen LogP contribution in [0, 0.1) is 0 Å². The highest BCUT2D eigenvalue weighted by Crippen LogP contribution is 2.00. The zero-order valence-corrected chi connectivity index (χ0v) is 6.48. The summed E-state index contributed by atoms with van der Waals surface area (Å²) in [6.45, 7) is 0. The standard InChI is InChI=1S/C8H7NO3/c1-12-8(11)7-4-6(5-10)2-3-9-7/h2-5H,1H3. The molecule has 0 aliphatic rings. The maximum absolute atomic E-state index is 10.9. The van der Waals surface area contributed by atoms with Crippen molar-refractivity contribution in [2.75, 3.05) is 7.11 Å². The summed E-state index contributed by atoms with van der Waals surface area (Å²) in [5, 5.41) is 0. The smallest absolute Gasteiger partial charge is 0.356 e. The second-order valence-electron chi connectivity index (χ2n) is 2.08. The van der Waals surface area contributed by atoms with Gasteiger partial charge in [-0.2, -0.15) is 0 Å². The molecule has 12 heavy (non-hydrogen) atoms. The van der Waals surface area contributed by atoms with Crippen LogP contribution in [0.15, 0.2) is 18.3 Å². The number of pyridine rings is 1. The first-order valence-corrected chi connectivity index (χ1v) is 3.27. The minimum absolute atomic E-state index is 0.141. The highest BCUT2D eigenvalue weighted by Gasteiger charge is 2.06. The van der Waals surface area contributed by atoms with E-state index in [0.717, 1.165) is 0 Å². The average Bonchev–Trinajstić information content (AvgIpc) is 2.17. The normalized spacial score (nSPS) is 9.08. The zero-order chi connectivity index (χ0) is 8.97. The number of methoxy groups -OCH3 is 1. The van der Waals surface area contributed by atoms with Gasteiger partial charge in [0, 0.05) is 11.8 Å². The lowest BCUT2D eigenvalue weighted by atomic mass is 10.2. The molecule has 62 valence electrons. The summed E-state index contributed by atoms with van der Waals surface area (Å²) in [4.78, 5) is 24.9. The lowest BCUT2D eigenvalue weighted by molar-refractivity contribution is 0.0594. The largest absolute Gasteiger partial charge is 0.464 e. The zero-order valence-electron chi connectivity index (χ0n) is 6.48. The predicted molar refractivity (Wildman–Crippen MR) is 41.0 cm³/mol. The first kappa shape index (κ1) is 8.39. The van der Waals surface area contributed by atoms with E-state index in [-0.39, 0.29) is 5.69 Å². The molecule has 0 bridgehead atoms. The van der Waals surface area contributed by atoms with Crippen molar-refractivity contribution < 1.29 is 14.3 Å². The molecule has 0 unspecified atom stereocenters. The molecule has 4 nitrogen and oxygen atoms in total. The third-order valence-electron chi connectivity index (χ3n) is 1.31. The molecule has 0 aliphatic heterocycles. The molecule has 1 heterocycles. The first-order chi connectivity index (χ1) is 5.77. The Bertz CT molecular complexity index is 309. The van der Waals surface area contributed by atoms with Crippen LogP contribution in [0.25, 0.3) is 0 Å². The van der Waals surface area contributed by atoms with Gasteiger partial charge in [-0.15, -0.1) is 0 Å². The fourth-order valence-corrected chi connectivity index (χ4v) is 0.736. The quantitative estimate of drug-likeness (QED) is 0.477. The van der Waals surface area contributed by atoms with Gasteiger partial charge in [-0.1, -0.05) is 0 Å². The Labute approximate surface area is 69.2 Å². The number of ether oxygens (including phenoxy) is 1. The fourth-order valence-electron chi connectivity index (χ4n) is 0.736. The molecular weight excluding hydrogens is 158 g/mol. The van der Waals surface area contributed by atoms with Crippen LogP contribution in [-0.4, -0.2) is 24.3 Å². The van der Waals surface area contributed by atoms with E-state index in [1.807, 2.05) is 0 Å². The lowest BCUT2D eigenvalue weighted by Gasteiger charge is -1.97. The van der Waals surface area contributed by atoms with Crippen molar-refractivity contribution in [3.05, 3.63) is 29.6 Å². The maximum Gasteiger partial charge on any atom is 0.356 e. The third kappa shape index (κ3) is 1.66. The third-order valence-corrected chi connectivity index (χ3v) is 1.31. The van der Waals surface area contributed by atoms with Gasteiger partial charge in [0.1, 0.15) is 12.0 Å². The minimum atomic E-state index is -0.543. The summed E-state index contributed by atoms with van der Waals surface area (Å²) < 4.78 is 4.42. The molecule has 0 N–H and O–H groups in total. The molecule has 1 rings (SSSR count). The Morgan fingerprint density at radius 3 is 3.00 bits per heavy atom. The van der Waals surface area contributed by atoms with Crippen molar-refractivity contribution in [3.63, 3.8) is 0 Å². The molecule has 0 saturated heterocycles. The molecule has 0 atom stereocenters.